The monoisotopic (exact) mass is 390 g/mol. The molecular weight excluding hydrogens is 372 g/mol. The van der Waals surface area contributed by atoms with E-state index < -0.39 is 0 Å². The topological polar surface area (TPSA) is 51.9 Å². The lowest BCUT2D eigenvalue weighted by molar-refractivity contribution is 0.0941. The fraction of sp³-hybridized carbons (Fsp3) is 0.0909. The molecule has 4 rings (SSSR count). The molecule has 0 bridgehead atoms. The van der Waals surface area contributed by atoms with Crippen LogP contribution in [0.15, 0.2) is 85.5 Å². The van der Waals surface area contributed by atoms with Gasteiger partial charge in [0.15, 0.2) is 0 Å². The molecule has 28 heavy (non-hydrogen) atoms. The third-order valence-electron chi connectivity index (χ3n) is 4.63. The van der Waals surface area contributed by atoms with E-state index in [0.717, 1.165) is 17.1 Å². The van der Waals surface area contributed by atoms with Crippen molar-refractivity contribution in [1.29, 1.82) is 0 Å². The Kier molecular flexibility index (Phi) is 5.00. The smallest absolute Gasteiger partial charge is 0.252 e. The van der Waals surface area contributed by atoms with Gasteiger partial charge in [0.2, 0.25) is 0 Å². The summed E-state index contributed by atoms with van der Waals surface area (Å²) in [6.45, 7) is 0. The lowest BCUT2D eigenvalue weighted by Gasteiger charge is -2.19. The Balaban J connectivity index is 1.60. The maximum atomic E-state index is 12.9. The van der Waals surface area contributed by atoms with Gasteiger partial charge in [0.05, 0.1) is 0 Å². The van der Waals surface area contributed by atoms with Crippen LogP contribution in [0.3, 0.4) is 0 Å². The first-order chi connectivity index (χ1) is 13.6. The van der Waals surface area contributed by atoms with Crippen LogP contribution in [0.4, 0.5) is 0 Å². The standard InChI is InChI=1S/C22H19ClN4O/c1-26-15-12-24-21(26)20(16-4-8-18(23)9-5-16)25-22(28)17-6-10-19(11-7-17)27-13-2-3-14-27/h2-15,20H,1H3,(H,25,28)/t20-/m0/s1. The van der Waals surface area contributed by atoms with E-state index >= 15 is 0 Å². The van der Waals surface area contributed by atoms with Gasteiger partial charge in [-0.25, -0.2) is 4.98 Å². The number of nitrogens with zero attached hydrogens (tertiary/aromatic N) is 3. The Morgan fingerprint density at radius 1 is 1.00 bits per heavy atom. The molecule has 0 saturated heterocycles. The average Bonchev–Trinajstić information content (AvgIpc) is 3.39. The number of halogens is 1. The molecule has 0 fully saturated rings. The number of amides is 1. The van der Waals surface area contributed by atoms with Gasteiger partial charge in [-0.2, -0.15) is 0 Å². The average molecular weight is 391 g/mol. The number of carbonyl (C=O) groups excluding carboxylic acids is 1. The van der Waals surface area contributed by atoms with Crippen molar-refractivity contribution in [2.75, 3.05) is 0 Å². The van der Waals surface area contributed by atoms with E-state index in [1.54, 1.807) is 6.20 Å². The molecule has 5 nitrogen and oxygen atoms in total. The quantitative estimate of drug-likeness (QED) is 0.549. The fourth-order valence-electron chi connectivity index (χ4n) is 3.11. The van der Waals surface area contributed by atoms with Crippen molar-refractivity contribution in [1.82, 2.24) is 19.4 Å². The molecule has 0 saturated carbocycles. The van der Waals surface area contributed by atoms with Crippen molar-refractivity contribution in [3.05, 3.63) is 107 Å². The van der Waals surface area contributed by atoms with Crippen LogP contribution in [-0.4, -0.2) is 20.0 Å². The molecule has 1 N–H and O–H groups in total. The number of hydrogen-bond donors (Lipinski definition) is 1. The number of imidazole rings is 1. The molecule has 0 aliphatic heterocycles. The first kappa shape index (κ1) is 18.1. The Morgan fingerprint density at radius 3 is 2.29 bits per heavy atom. The van der Waals surface area contributed by atoms with Gasteiger partial charge < -0.3 is 14.5 Å². The number of aryl methyl sites for hydroxylation is 1. The predicted molar refractivity (Wildman–Crippen MR) is 110 cm³/mol. The minimum Gasteiger partial charge on any atom is -0.338 e. The highest BCUT2D eigenvalue weighted by Gasteiger charge is 2.21. The zero-order valence-electron chi connectivity index (χ0n) is 15.3. The second-order valence-corrected chi connectivity index (χ2v) is 6.93. The van der Waals surface area contributed by atoms with E-state index in [0.29, 0.717) is 10.6 Å². The largest absolute Gasteiger partial charge is 0.338 e. The summed E-state index contributed by atoms with van der Waals surface area (Å²) in [5.41, 5.74) is 2.50. The van der Waals surface area contributed by atoms with E-state index in [2.05, 4.69) is 10.3 Å². The van der Waals surface area contributed by atoms with Crippen LogP contribution in [0, 0.1) is 0 Å². The Labute approximate surface area is 168 Å². The number of benzene rings is 2. The highest BCUT2D eigenvalue weighted by atomic mass is 35.5. The van der Waals surface area contributed by atoms with Crippen molar-refractivity contribution in [2.24, 2.45) is 7.05 Å². The summed E-state index contributed by atoms with van der Waals surface area (Å²) in [7, 11) is 1.91. The van der Waals surface area contributed by atoms with Crippen LogP contribution in [-0.2, 0) is 7.05 Å². The van der Waals surface area contributed by atoms with Crippen LogP contribution in [0.5, 0.6) is 0 Å². The molecule has 2 heterocycles. The van der Waals surface area contributed by atoms with Gasteiger partial charge in [-0.3, -0.25) is 4.79 Å². The molecule has 0 radical (unpaired) electrons. The maximum Gasteiger partial charge on any atom is 0.252 e. The zero-order valence-corrected chi connectivity index (χ0v) is 16.0. The summed E-state index contributed by atoms with van der Waals surface area (Å²) in [5, 5.41) is 3.74. The number of nitrogens with one attached hydrogen (secondary N) is 1. The summed E-state index contributed by atoms with van der Waals surface area (Å²) in [4.78, 5) is 17.3. The van der Waals surface area contributed by atoms with Gasteiger partial charge in [0, 0.05) is 48.1 Å². The van der Waals surface area contributed by atoms with Crippen LogP contribution < -0.4 is 5.32 Å². The molecule has 0 spiro atoms. The van der Waals surface area contributed by atoms with Crippen molar-refractivity contribution in [3.8, 4) is 5.69 Å². The van der Waals surface area contributed by atoms with Gasteiger partial charge in [-0.15, -0.1) is 0 Å². The van der Waals surface area contributed by atoms with E-state index in [1.807, 2.05) is 95.4 Å². The summed E-state index contributed by atoms with van der Waals surface area (Å²) in [6, 6.07) is 18.5. The normalized spacial score (nSPS) is 11.9. The Morgan fingerprint density at radius 2 is 1.68 bits per heavy atom. The molecule has 2 aromatic carbocycles. The first-order valence-corrected chi connectivity index (χ1v) is 9.26. The summed E-state index contributed by atoms with van der Waals surface area (Å²) < 4.78 is 3.89. The number of hydrogen-bond acceptors (Lipinski definition) is 2. The van der Waals surface area contributed by atoms with Crippen LogP contribution >= 0.6 is 11.6 Å². The molecular formula is C22H19ClN4O. The number of rotatable bonds is 5. The molecule has 0 aliphatic carbocycles. The van der Waals surface area contributed by atoms with Gasteiger partial charge in [-0.05, 0) is 54.1 Å². The van der Waals surface area contributed by atoms with E-state index in [-0.39, 0.29) is 11.9 Å². The summed E-state index contributed by atoms with van der Waals surface area (Å²) >= 11 is 6.02. The van der Waals surface area contributed by atoms with Crippen LogP contribution in [0.25, 0.3) is 5.69 Å². The van der Waals surface area contributed by atoms with Crippen molar-refractivity contribution in [2.45, 2.75) is 6.04 Å². The minimum absolute atomic E-state index is 0.165. The summed E-state index contributed by atoms with van der Waals surface area (Å²) in [5.74, 6) is 0.585. The van der Waals surface area contributed by atoms with Gasteiger partial charge in [0.1, 0.15) is 11.9 Å². The van der Waals surface area contributed by atoms with Crippen molar-refractivity contribution >= 4 is 17.5 Å². The second kappa shape index (κ2) is 7.74. The molecule has 1 amide bonds. The molecule has 6 heteroatoms. The molecule has 140 valence electrons. The highest BCUT2D eigenvalue weighted by molar-refractivity contribution is 6.30. The number of aromatic nitrogens is 3. The highest BCUT2D eigenvalue weighted by Crippen LogP contribution is 2.23. The Hall–Kier alpha value is -3.31. The molecule has 2 aromatic heterocycles. The fourth-order valence-corrected chi connectivity index (χ4v) is 3.24. The molecule has 0 unspecified atom stereocenters. The minimum atomic E-state index is -0.381. The lowest BCUT2D eigenvalue weighted by atomic mass is 10.1. The van der Waals surface area contributed by atoms with Gasteiger partial charge >= 0.3 is 0 Å². The number of carbonyl (C=O) groups is 1. The maximum absolute atomic E-state index is 12.9. The SMILES string of the molecule is Cn1ccnc1[C@@H](NC(=O)c1ccc(-n2cccc2)cc1)c1ccc(Cl)cc1. The zero-order chi connectivity index (χ0) is 19.5. The van der Waals surface area contributed by atoms with Crippen molar-refractivity contribution in [3.63, 3.8) is 0 Å². The van der Waals surface area contributed by atoms with E-state index in [1.165, 1.54) is 0 Å². The first-order valence-electron chi connectivity index (χ1n) is 8.89. The predicted octanol–water partition coefficient (Wildman–Crippen LogP) is 4.38. The van der Waals surface area contributed by atoms with E-state index in [9.17, 15) is 4.79 Å². The molecule has 1 atom stereocenters. The molecule has 4 aromatic rings. The third kappa shape index (κ3) is 3.70. The van der Waals surface area contributed by atoms with Crippen LogP contribution in [0.1, 0.15) is 27.8 Å². The second-order valence-electron chi connectivity index (χ2n) is 6.49. The van der Waals surface area contributed by atoms with E-state index in [4.69, 9.17) is 11.6 Å². The van der Waals surface area contributed by atoms with Gasteiger partial charge in [-0.1, -0.05) is 23.7 Å². The molecule has 0 aliphatic rings. The van der Waals surface area contributed by atoms with Crippen LogP contribution in [0.2, 0.25) is 5.02 Å². The lowest BCUT2D eigenvalue weighted by Crippen LogP contribution is -2.31. The Bertz CT molecular complexity index is 1070. The third-order valence-corrected chi connectivity index (χ3v) is 4.88. The summed E-state index contributed by atoms with van der Waals surface area (Å²) in [6.07, 6.45) is 7.51. The van der Waals surface area contributed by atoms with Crippen molar-refractivity contribution < 1.29 is 4.79 Å². The van der Waals surface area contributed by atoms with Gasteiger partial charge in [0.25, 0.3) is 5.91 Å².